The van der Waals surface area contributed by atoms with E-state index in [4.69, 9.17) is 0 Å². The van der Waals surface area contributed by atoms with Crippen LogP contribution in [0.4, 0.5) is 5.69 Å². The first-order valence-corrected chi connectivity index (χ1v) is 6.23. The Morgan fingerprint density at radius 3 is 2.78 bits per heavy atom. The van der Waals surface area contributed by atoms with E-state index in [2.05, 4.69) is 23.8 Å². The fourth-order valence-corrected chi connectivity index (χ4v) is 2.45. The summed E-state index contributed by atoms with van der Waals surface area (Å²) in [4.78, 5) is 15.3. The first kappa shape index (κ1) is 13.0. The molecule has 1 saturated heterocycles. The molecule has 0 amide bonds. The van der Waals surface area contributed by atoms with Gasteiger partial charge in [-0.2, -0.15) is 0 Å². The zero-order chi connectivity index (χ0) is 13.1. The molecule has 0 spiro atoms. The van der Waals surface area contributed by atoms with Crippen LogP contribution in [0.15, 0.2) is 24.3 Å². The van der Waals surface area contributed by atoms with Crippen molar-refractivity contribution >= 4 is 5.69 Å². The number of nitro benzene ring substituents is 1. The van der Waals surface area contributed by atoms with Gasteiger partial charge in [0.15, 0.2) is 0 Å². The van der Waals surface area contributed by atoms with Crippen molar-refractivity contribution in [3.8, 4) is 0 Å². The van der Waals surface area contributed by atoms with Crippen molar-refractivity contribution < 1.29 is 4.92 Å². The Hall–Kier alpha value is -1.46. The molecular formula is C13H19N3O2. The minimum atomic E-state index is -0.296. The van der Waals surface area contributed by atoms with Crippen molar-refractivity contribution in [2.45, 2.75) is 19.5 Å². The molecule has 1 fully saturated rings. The summed E-state index contributed by atoms with van der Waals surface area (Å²) in [6.45, 7) is 5.83. The summed E-state index contributed by atoms with van der Waals surface area (Å²) in [6.07, 6.45) is 0. The highest BCUT2D eigenvalue weighted by molar-refractivity contribution is 5.39. The van der Waals surface area contributed by atoms with Crippen LogP contribution in [0.25, 0.3) is 0 Å². The molecule has 1 aliphatic rings. The van der Waals surface area contributed by atoms with Gasteiger partial charge in [0.05, 0.1) is 4.92 Å². The normalized spacial score (nSPS) is 22.0. The maximum Gasteiger partial charge on any atom is 0.273 e. The number of likely N-dealkylation sites (N-methyl/N-ethyl adjacent to an activating group) is 1. The lowest BCUT2D eigenvalue weighted by molar-refractivity contribution is -0.385. The Labute approximate surface area is 107 Å². The van der Waals surface area contributed by atoms with Gasteiger partial charge in [0.2, 0.25) is 0 Å². The third-order valence-corrected chi connectivity index (χ3v) is 3.53. The molecule has 0 aliphatic carbocycles. The van der Waals surface area contributed by atoms with E-state index in [0.717, 1.165) is 25.2 Å². The second-order valence-electron chi connectivity index (χ2n) is 4.97. The summed E-state index contributed by atoms with van der Waals surface area (Å²) in [5.41, 5.74) is 1.03. The Balaban J connectivity index is 2.12. The van der Waals surface area contributed by atoms with Gasteiger partial charge in [-0.05, 0) is 14.0 Å². The van der Waals surface area contributed by atoms with Gasteiger partial charge in [-0.1, -0.05) is 18.2 Å². The highest BCUT2D eigenvalue weighted by Crippen LogP contribution is 2.21. The maximum absolute atomic E-state index is 11.0. The number of piperazine rings is 1. The molecule has 1 aliphatic heterocycles. The summed E-state index contributed by atoms with van der Waals surface area (Å²) < 4.78 is 0. The average Bonchev–Trinajstić information content (AvgIpc) is 2.33. The summed E-state index contributed by atoms with van der Waals surface area (Å²) in [6, 6.07) is 7.45. The predicted molar refractivity (Wildman–Crippen MR) is 70.5 cm³/mol. The largest absolute Gasteiger partial charge is 0.304 e. The molecule has 0 bridgehead atoms. The number of nitro groups is 1. The number of nitrogens with zero attached hydrogens (tertiary/aromatic N) is 3. The smallest absolute Gasteiger partial charge is 0.273 e. The molecule has 18 heavy (non-hydrogen) atoms. The van der Waals surface area contributed by atoms with Crippen LogP contribution in [0, 0.1) is 10.1 Å². The van der Waals surface area contributed by atoms with E-state index in [1.807, 2.05) is 12.1 Å². The standard InChI is InChI=1S/C13H19N3O2/c1-11-9-14(2)7-8-15(11)10-12-5-3-4-6-13(12)16(17)18/h3-6,11H,7-10H2,1-2H3/t11-/m1/s1. The first-order chi connectivity index (χ1) is 8.58. The van der Waals surface area contributed by atoms with Crippen molar-refractivity contribution in [1.29, 1.82) is 0 Å². The monoisotopic (exact) mass is 249 g/mol. The van der Waals surface area contributed by atoms with Gasteiger partial charge >= 0.3 is 0 Å². The van der Waals surface area contributed by atoms with Crippen molar-refractivity contribution in [2.75, 3.05) is 26.7 Å². The van der Waals surface area contributed by atoms with E-state index in [9.17, 15) is 10.1 Å². The van der Waals surface area contributed by atoms with Gasteiger partial charge in [0.25, 0.3) is 5.69 Å². The maximum atomic E-state index is 11.0. The summed E-state index contributed by atoms with van der Waals surface area (Å²) >= 11 is 0. The fraction of sp³-hybridized carbons (Fsp3) is 0.538. The zero-order valence-corrected chi connectivity index (χ0v) is 10.9. The van der Waals surface area contributed by atoms with Gasteiger partial charge in [0.1, 0.15) is 0 Å². The lowest BCUT2D eigenvalue weighted by Gasteiger charge is -2.38. The molecule has 0 unspecified atom stereocenters. The second-order valence-corrected chi connectivity index (χ2v) is 4.97. The fourth-order valence-electron chi connectivity index (χ4n) is 2.45. The minimum absolute atomic E-state index is 0.226. The third-order valence-electron chi connectivity index (χ3n) is 3.53. The third kappa shape index (κ3) is 2.86. The predicted octanol–water partition coefficient (Wildman–Crippen LogP) is 1.73. The van der Waals surface area contributed by atoms with Gasteiger partial charge < -0.3 is 4.90 Å². The second kappa shape index (κ2) is 5.46. The van der Waals surface area contributed by atoms with Crippen LogP contribution in [0.2, 0.25) is 0 Å². The summed E-state index contributed by atoms with van der Waals surface area (Å²) in [5.74, 6) is 0. The molecule has 0 radical (unpaired) electrons. The molecule has 0 aromatic heterocycles. The van der Waals surface area contributed by atoms with Crippen LogP contribution in [0.3, 0.4) is 0 Å². The van der Waals surface area contributed by atoms with Gasteiger partial charge in [-0.15, -0.1) is 0 Å². The molecule has 1 atom stereocenters. The Bertz CT molecular complexity index is 436. The lowest BCUT2D eigenvalue weighted by atomic mass is 10.1. The van der Waals surface area contributed by atoms with Crippen molar-refractivity contribution in [3.05, 3.63) is 39.9 Å². The molecule has 5 nitrogen and oxygen atoms in total. The van der Waals surface area contributed by atoms with Gasteiger partial charge in [-0.25, -0.2) is 0 Å². The van der Waals surface area contributed by atoms with E-state index >= 15 is 0 Å². The van der Waals surface area contributed by atoms with Crippen LogP contribution in [0.5, 0.6) is 0 Å². The Morgan fingerprint density at radius 1 is 1.39 bits per heavy atom. The summed E-state index contributed by atoms with van der Waals surface area (Å²) in [5, 5.41) is 11.0. The molecule has 5 heteroatoms. The van der Waals surface area contributed by atoms with Gasteiger partial charge in [0, 0.05) is 43.9 Å². The van der Waals surface area contributed by atoms with Crippen LogP contribution in [-0.4, -0.2) is 47.4 Å². The molecule has 1 heterocycles. The Morgan fingerprint density at radius 2 is 2.11 bits per heavy atom. The molecule has 98 valence electrons. The molecule has 1 aromatic rings. The molecule has 2 rings (SSSR count). The lowest BCUT2D eigenvalue weighted by Crippen LogP contribution is -2.49. The minimum Gasteiger partial charge on any atom is -0.304 e. The van der Waals surface area contributed by atoms with Crippen molar-refractivity contribution in [3.63, 3.8) is 0 Å². The average molecular weight is 249 g/mol. The van der Waals surface area contributed by atoms with Crippen molar-refractivity contribution in [2.24, 2.45) is 0 Å². The van der Waals surface area contributed by atoms with E-state index in [1.54, 1.807) is 12.1 Å². The quantitative estimate of drug-likeness (QED) is 0.604. The van der Waals surface area contributed by atoms with E-state index < -0.39 is 0 Å². The van der Waals surface area contributed by atoms with Gasteiger partial charge in [-0.3, -0.25) is 15.0 Å². The molecule has 0 saturated carbocycles. The van der Waals surface area contributed by atoms with Crippen LogP contribution in [-0.2, 0) is 6.54 Å². The first-order valence-electron chi connectivity index (χ1n) is 6.23. The van der Waals surface area contributed by atoms with Crippen LogP contribution >= 0.6 is 0 Å². The number of benzene rings is 1. The SMILES string of the molecule is C[C@@H]1CN(C)CCN1Cc1ccccc1[N+](=O)[O-]. The topological polar surface area (TPSA) is 49.6 Å². The number of rotatable bonds is 3. The molecule has 1 aromatic carbocycles. The summed E-state index contributed by atoms with van der Waals surface area (Å²) in [7, 11) is 2.11. The number of hydrogen-bond donors (Lipinski definition) is 0. The number of para-hydroxylation sites is 1. The molecular weight excluding hydrogens is 230 g/mol. The Kier molecular flexibility index (Phi) is 3.93. The highest BCUT2D eigenvalue weighted by Gasteiger charge is 2.23. The van der Waals surface area contributed by atoms with E-state index in [0.29, 0.717) is 12.6 Å². The van der Waals surface area contributed by atoms with Crippen LogP contribution in [0.1, 0.15) is 12.5 Å². The van der Waals surface area contributed by atoms with Crippen molar-refractivity contribution in [1.82, 2.24) is 9.80 Å². The van der Waals surface area contributed by atoms with E-state index in [1.165, 1.54) is 0 Å². The number of hydrogen-bond acceptors (Lipinski definition) is 4. The highest BCUT2D eigenvalue weighted by atomic mass is 16.6. The zero-order valence-electron chi connectivity index (χ0n) is 10.9. The van der Waals surface area contributed by atoms with Crippen LogP contribution < -0.4 is 0 Å². The molecule has 0 N–H and O–H groups in total. The van der Waals surface area contributed by atoms with E-state index in [-0.39, 0.29) is 10.6 Å².